The third kappa shape index (κ3) is 2.09. The molecule has 0 unspecified atom stereocenters. The van der Waals surface area contributed by atoms with Gasteiger partial charge < -0.3 is 9.73 Å². The second kappa shape index (κ2) is 4.66. The Hall–Kier alpha value is -1.35. The molecule has 0 saturated carbocycles. The molecule has 16 heavy (non-hydrogen) atoms. The van der Waals surface area contributed by atoms with Gasteiger partial charge in [0, 0.05) is 11.4 Å². The molecule has 0 bridgehead atoms. The van der Waals surface area contributed by atoms with Crippen LogP contribution in [0.5, 0.6) is 0 Å². The number of halogens is 1. The molecule has 0 aliphatic heterocycles. The molecule has 1 aromatic carbocycles. The number of hydrogen-bond acceptors (Lipinski definition) is 2. The maximum absolute atomic E-state index is 13.8. The van der Waals surface area contributed by atoms with E-state index in [0.29, 0.717) is 18.0 Å². The van der Waals surface area contributed by atoms with E-state index >= 15 is 0 Å². The topological polar surface area (TPSA) is 25.2 Å². The Morgan fingerprint density at radius 1 is 1.44 bits per heavy atom. The van der Waals surface area contributed by atoms with E-state index in [0.717, 1.165) is 17.4 Å². The van der Waals surface area contributed by atoms with Gasteiger partial charge in [-0.25, -0.2) is 4.39 Å². The predicted molar refractivity (Wildman–Crippen MR) is 63.0 cm³/mol. The summed E-state index contributed by atoms with van der Waals surface area (Å²) in [6.45, 7) is 2.09. The number of furan rings is 1. The summed E-state index contributed by atoms with van der Waals surface area (Å²) >= 11 is 0. The van der Waals surface area contributed by atoms with Crippen LogP contribution in [0.25, 0.3) is 11.0 Å². The second-order valence-electron chi connectivity index (χ2n) is 4.00. The minimum atomic E-state index is -0.150. The van der Waals surface area contributed by atoms with E-state index in [1.807, 2.05) is 7.05 Å². The molecule has 2 nitrogen and oxygen atoms in total. The van der Waals surface area contributed by atoms with Crippen molar-refractivity contribution in [1.29, 1.82) is 0 Å². The number of rotatable bonds is 4. The zero-order chi connectivity index (χ0) is 11.5. The van der Waals surface area contributed by atoms with Gasteiger partial charge in [0.2, 0.25) is 0 Å². The van der Waals surface area contributed by atoms with Crippen LogP contribution < -0.4 is 5.32 Å². The molecule has 0 radical (unpaired) electrons. The van der Waals surface area contributed by atoms with E-state index in [-0.39, 0.29) is 5.82 Å². The lowest BCUT2D eigenvalue weighted by atomic mass is 10.0. The Bertz CT molecular complexity index is 474. The molecule has 0 fully saturated rings. The lowest BCUT2D eigenvalue weighted by molar-refractivity contribution is 0.522. The van der Waals surface area contributed by atoms with E-state index in [1.165, 1.54) is 6.07 Å². The number of likely N-dealkylation sites (N-methyl/N-ethyl adjacent to an activating group) is 1. The highest BCUT2D eigenvalue weighted by Crippen LogP contribution is 2.21. The normalized spacial score (nSPS) is 13.2. The third-order valence-electron chi connectivity index (χ3n) is 2.99. The Morgan fingerprint density at radius 2 is 2.25 bits per heavy atom. The maximum Gasteiger partial charge on any atom is 0.134 e. The Balaban J connectivity index is 2.32. The van der Waals surface area contributed by atoms with Crippen molar-refractivity contribution in [3.63, 3.8) is 0 Å². The smallest absolute Gasteiger partial charge is 0.134 e. The molecule has 0 aliphatic carbocycles. The van der Waals surface area contributed by atoms with Gasteiger partial charge in [0.15, 0.2) is 0 Å². The van der Waals surface area contributed by atoms with E-state index in [1.54, 1.807) is 18.4 Å². The van der Waals surface area contributed by atoms with Gasteiger partial charge in [0.1, 0.15) is 11.4 Å². The summed E-state index contributed by atoms with van der Waals surface area (Å²) in [5.41, 5.74) is 1.46. The highest BCUT2D eigenvalue weighted by molar-refractivity contribution is 5.77. The molecular formula is C13H16FNO. The van der Waals surface area contributed by atoms with Gasteiger partial charge in [-0.1, -0.05) is 6.92 Å². The average molecular weight is 221 g/mol. The van der Waals surface area contributed by atoms with Crippen LogP contribution in [0.4, 0.5) is 4.39 Å². The van der Waals surface area contributed by atoms with Crippen LogP contribution in [0.2, 0.25) is 0 Å². The first-order valence-electron chi connectivity index (χ1n) is 5.57. The van der Waals surface area contributed by atoms with Crippen molar-refractivity contribution >= 4 is 11.0 Å². The number of fused-ring (bicyclic) bond motifs is 1. The molecule has 86 valence electrons. The standard InChI is InChI=1S/C13H16FNO/c1-3-11(15-2)6-10-8-13-9(4-5-16-13)7-12(10)14/h4-5,7-8,11,15H,3,6H2,1-2H3/t11-/m0/s1. The third-order valence-corrected chi connectivity index (χ3v) is 2.99. The molecule has 2 rings (SSSR count). The molecule has 0 saturated heterocycles. The monoisotopic (exact) mass is 221 g/mol. The van der Waals surface area contributed by atoms with Crippen molar-refractivity contribution in [2.24, 2.45) is 0 Å². The fourth-order valence-corrected chi connectivity index (χ4v) is 1.90. The highest BCUT2D eigenvalue weighted by Gasteiger charge is 2.11. The summed E-state index contributed by atoms with van der Waals surface area (Å²) in [6, 6.07) is 5.42. The molecular weight excluding hydrogens is 205 g/mol. The Morgan fingerprint density at radius 3 is 2.94 bits per heavy atom. The van der Waals surface area contributed by atoms with Crippen LogP contribution in [-0.2, 0) is 6.42 Å². The van der Waals surface area contributed by atoms with E-state index in [2.05, 4.69) is 12.2 Å². The highest BCUT2D eigenvalue weighted by atomic mass is 19.1. The van der Waals surface area contributed by atoms with Gasteiger partial charge in [-0.2, -0.15) is 0 Å². The number of benzene rings is 1. The number of nitrogens with one attached hydrogen (secondary N) is 1. The van der Waals surface area contributed by atoms with Gasteiger partial charge in [0.25, 0.3) is 0 Å². The molecule has 0 aliphatic rings. The molecule has 1 atom stereocenters. The van der Waals surface area contributed by atoms with Crippen LogP contribution in [0.15, 0.2) is 28.9 Å². The molecule has 1 heterocycles. The molecule has 1 N–H and O–H groups in total. The molecule has 3 heteroatoms. The van der Waals surface area contributed by atoms with E-state index < -0.39 is 0 Å². The minimum Gasteiger partial charge on any atom is -0.464 e. The largest absolute Gasteiger partial charge is 0.464 e. The number of hydrogen-bond donors (Lipinski definition) is 1. The summed E-state index contributed by atoms with van der Waals surface area (Å²) in [5, 5.41) is 3.99. The SMILES string of the molecule is CC[C@@H](Cc1cc2occc2cc1F)NC. The molecule has 2 aromatic rings. The van der Waals surface area contributed by atoms with Crippen molar-refractivity contribution in [3.8, 4) is 0 Å². The lowest BCUT2D eigenvalue weighted by Gasteiger charge is -2.14. The van der Waals surface area contributed by atoms with Crippen molar-refractivity contribution in [2.75, 3.05) is 7.05 Å². The summed E-state index contributed by atoms with van der Waals surface area (Å²) < 4.78 is 19.0. The van der Waals surface area contributed by atoms with Gasteiger partial charge >= 0.3 is 0 Å². The van der Waals surface area contributed by atoms with Crippen LogP contribution in [-0.4, -0.2) is 13.1 Å². The summed E-state index contributed by atoms with van der Waals surface area (Å²) in [7, 11) is 1.90. The molecule has 1 aromatic heterocycles. The van der Waals surface area contributed by atoms with E-state index in [9.17, 15) is 4.39 Å². The van der Waals surface area contributed by atoms with Crippen molar-refractivity contribution in [3.05, 3.63) is 35.8 Å². The predicted octanol–water partition coefficient (Wildman–Crippen LogP) is 3.11. The summed E-state index contributed by atoms with van der Waals surface area (Å²) in [6.07, 6.45) is 3.25. The first-order valence-corrected chi connectivity index (χ1v) is 5.57. The summed E-state index contributed by atoms with van der Waals surface area (Å²) in [5.74, 6) is -0.150. The Labute approximate surface area is 94.4 Å². The van der Waals surface area contributed by atoms with Gasteiger partial charge in [-0.15, -0.1) is 0 Å². The van der Waals surface area contributed by atoms with Gasteiger partial charge in [-0.05, 0) is 43.7 Å². The van der Waals surface area contributed by atoms with Crippen LogP contribution >= 0.6 is 0 Å². The molecule has 0 amide bonds. The fraction of sp³-hybridized carbons (Fsp3) is 0.385. The lowest BCUT2D eigenvalue weighted by Crippen LogP contribution is -2.26. The van der Waals surface area contributed by atoms with Crippen LogP contribution in [0, 0.1) is 5.82 Å². The fourth-order valence-electron chi connectivity index (χ4n) is 1.90. The minimum absolute atomic E-state index is 0.150. The van der Waals surface area contributed by atoms with Crippen LogP contribution in [0.1, 0.15) is 18.9 Å². The van der Waals surface area contributed by atoms with Crippen molar-refractivity contribution < 1.29 is 8.81 Å². The molecule has 0 spiro atoms. The van der Waals surface area contributed by atoms with Crippen LogP contribution in [0.3, 0.4) is 0 Å². The first-order chi connectivity index (χ1) is 7.74. The van der Waals surface area contributed by atoms with Gasteiger partial charge in [-0.3, -0.25) is 0 Å². The first kappa shape index (κ1) is 11.1. The maximum atomic E-state index is 13.8. The average Bonchev–Trinajstić information content (AvgIpc) is 2.72. The van der Waals surface area contributed by atoms with E-state index in [4.69, 9.17) is 4.42 Å². The summed E-state index contributed by atoms with van der Waals surface area (Å²) in [4.78, 5) is 0. The van der Waals surface area contributed by atoms with Crippen molar-refractivity contribution in [1.82, 2.24) is 5.32 Å². The Kier molecular flexibility index (Phi) is 3.25. The second-order valence-corrected chi connectivity index (χ2v) is 4.00. The van der Waals surface area contributed by atoms with Gasteiger partial charge in [0.05, 0.1) is 6.26 Å². The van der Waals surface area contributed by atoms with Crippen molar-refractivity contribution in [2.45, 2.75) is 25.8 Å². The zero-order valence-electron chi connectivity index (χ0n) is 9.59. The zero-order valence-corrected chi connectivity index (χ0v) is 9.59. The quantitative estimate of drug-likeness (QED) is 0.858.